The fourth-order valence-corrected chi connectivity index (χ4v) is 13.0. The van der Waals surface area contributed by atoms with E-state index in [-0.39, 0.29) is 108 Å². The largest absolute Gasteiger partial charge is 0.481 e. The van der Waals surface area contributed by atoms with Crippen LogP contribution in [0.3, 0.4) is 0 Å². The predicted molar refractivity (Wildman–Crippen MR) is 355 cm³/mol. The maximum Gasteiger partial charge on any atom is 0.325 e. The van der Waals surface area contributed by atoms with Crippen LogP contribution in [0.15, 0.2) is 12.5 Å². The van der Waals surface area contributed by atoms with Crippen LogP contribution < -0.4 is 48.3 Å². The zero-order valence-electron chi connectivity index (χ0n) is 58.7. The molecule has 0 aliphatic carbocycles. The first-order valence-corrected chi connectivity index (χ1v) is 34.5. The van der Waals surface area contributed by atoms with Gasteiger partial charge in [-0.15, -0.1) is 0 Å². The van der Waals surface area contributed by atoms with E-state index in [0.717, 1.165) is 0 Å². The topological polar surface area (TPSA) is 464 Å². The summed E-state index contributed by atoms with van der Waals surface area (Å²) in [5, 5.41) is 51.3. The number of H-pyrrole nitrogens is 1. The van der Waals surface area contributed by atoms with Gasteiger partial charge in [0.05, 0.1) is 18.5 Å². The van der Waals surface area contributed by atoms with Crippen LogP contribution in [-0.4, -0.2) is 239 Å². The fraction of sp³-hybridized carbons (Fsp3) is 0.742. The number of likely N-dealkylation sites (tertiary alicyclic amines) is 4. The number of aromatic nitrogens is 2. The van der Waals surface area contributed by atoms with Crippen molar-refractivity contribution in [1.29, 1.82) is 0 Å². The molecule has 0 radical (unpaired) electrons. The molecule has 32 heteroatoms. The number of carbonyl (C=O) groups is 14. The van der Waals surface area contributed by atoms with Crippen LogP contribution in [0, 0.1) is 29.6 Å². The lowest BCUT2D eigenvalue weighted by molar-refractivity contribution is -0.147. The number of carbonyl (C=O) groups excluding carboxylic acids is 12. The minimum absolute atomic E-state index is 0.0343. The second-order valence-corrected chi connectivity index (χ2v) is 28.5. The summed E-state index contributed by atoms with van der Waals surface area (Å²) in [5.41, 5.74) is 6.40. The minimum Gasteiger partial charge on any atom is -0.481 e. The zero-order chi connectivity index (χ0) is 73.2. The van der Waals surface area contributed by atoms with Crippen molar-refractivity contribution >= 4 is 82.8 Å². The molecule has 0 unspecified atom stereocenters. The van der Waals surface area contributed by atoms with E-state index in [1.807, 2.05) is 41.5 Å². The highest BCUT2D eigenvalue weighted by Crippen LogP contribution is 2.27. The van der Waals surface area contributed by atoms with Gasteiger partial charge in [0.25, 0.3) is 0 Å². The molecule has 0 aromatic carbocycles. The van der Waals surface area contributed by atoms with Crippen molar-refractivity contribution in [2.45, 2.75) is 258 Å². The number of rotatable bonds is 35. The van der Waals surface area contributed by atoms with E-state index < -0.39 is 179 Å². The monoisotopic (exact) mass is 1380 g/mol. The zero-order valence-corrected chi connectivity index (χ0v) is 58.7. The van der Waals surface area contributed by atoms with Gasteiger partial charge in [0.1, 0.15) is 72.5 Å². The third-order valence-corrected chi connectivity index (χ3v) is 18.2. The van der Waals surface area contributed by atoms with E-state index in [4.69, 9.17) is 10.8 Å². The molecule has 4 aliphatic rings. The summed E-state index contributed by atoms with van der Waals surface area (Å²) in [7, 11) is 0. The Balaban J connectivity index is 1.26. The van der Waals surface area contributed by atoms with Gasteiger partial charge < -0.3 is 88.2 Å². The quantitative estimate of drug-likeness (QED) is 0.0384. The van der Waals surface area contributed by atoms with Gasteiger partial charge in [0, 0.05) is 50.9 Å². The number of hydrogen-bond donors (Lipinski definition) is 13. The van der Waals surface area contributed by atoms with E-state index in [1.165, 1.54) is 46.0 Å². The van der Waals surface area contributed by atoms with E-state index >= 15 is 0 Å². The number of nitrogens with two attached hydrogens (primary N) is 1. The average Bonchev–Trinajstić information content (AvgIpc) is 1.46. The van der Waals surface area contributed by atoms with Gasteiger partial charge in [-0.05, 0) is 120 Å². The number of nitrogens with zero attached hydrogens (tertiary/aromatic N) is 5. The summed E-state index contributed by atoms with van der Waals surface area (Å²) >= 11 is 0. The molecule has 4 fully saturated rings. The highest BCUT2D eigenvalue weighted by Gasteiger charge is 2.47. The van der Waals surface area contributed by atoms with Crippen molar-refractivity contribution in [2.24, 2.45) is 35.3 Å². The summed E-state index contributed by atoms with van der Waals surface area (Å²) in [4.78, 5) is 205. The molecule has 98 heavy (non-hydrogen) atoms. The summed E-state index contributed by atoms with van der Waals surface area (Å²) in [6.07, 6.45) is 3.36. The number of aliphatic carboxylic acids is 2. The Morgan fingerprint density at radius 3 is 1.27 bits per heavy atom. The maximum atomic E-state index is 14.8. The molecule has 1 aromatic heterocycles. The summed E-state index contributed by atoms with van der Waals surface area (Å²) in [5.74, 6) is -12.3. The number of aliphatic hydroxyl groups excluding tert-OH is 1. The van der Waals surface area contributed by atoms with Crippen molar-refractivity contribution in [3.05, 3.63) is 18.2 Å². The van der Waals surface area contributed by atoms with Gasteiger partial charge in [-0.2, -0.15) is 0 Å². The van der Waals surface area contributed by atoms with Gasteiger partial charge in [0.2, 0.25) is 70.9 Å². The first-order chi connectivity index (χ1) is 46.0. The Morgan fingerprint density at radius 2 is 0.857 bits per heavy atom. The van der Waals surface area contributed by atoms with Gasteiger partial charge in [-0.25, -0.2) is 4.98 Å². The number of nitrogens with one attached hydrogen (secondary N) is 9. The van der Waals surface area contributed by atoms with Gasteiger partial charge >= 0.3 is 11.9 Å². The van der Waals surface area contributed by atoms with E-state index in [2.05, 4.69) is 52.5 Å². The van der Waals surface area contributed by atoms with Gasteiger partial charge in [-0.1, -0.05) is 69.2 Å². The van der Waals surface area contributed by atoms with Crippen LogP contribution in [0.5, 0.6) is 0 Å². The van der Waals surface area contributed by atoms with Crippen LogP contribution in [0.2, 0.25) is 0 Å². The molecule has 4 aliphatic heterocycles. The molecule has 5 heterocycles. The molecule has 0 bridgehead atoms. The molecule has 5 rings (SSSR count). The molecule has 14 N–H and O–H groups in total. The van der Waals surface area contributed by atoms with Crippen molar-refractivity contribution in [1.82, 2.24) is 72.1 Å². The first-order valence-electron chi connectivity index (χ1n) is 34.5. The molecule has 0 spiro atoms. The van der Waals surface area contributed by atoms with Gasteiger partial charge in [0.15, 0.2) is 0 Å². The number of hydrogen-bond acceptors (Lipinski definition) is 17. The molecule has 12 amide bonds. The number of aromatic amines is 1. The highest BCUT2D eigenvalue weighted by molar-refractivity contribution is 6.00. The molecule has 14 atom stereocenters. The summed E-state index contributed by atoms with van der Waals surface area (Å²) in [6.45, 7) is 20.7. The SMILES string of the molecule is CC(C)C[C@H](NC(=O)[C@@H](NC(=O)[C@@H]1CCCN1C(=O)[C@@H](NC(=O)[C@@H]1CCCN1C(=O)[C@H](CC(C)C)NC(=O)[C@@H]1CCCN1C(=O)[C@H](Cc1cnc[nH]1)NC(=O)[C@@H](NC(=O)[C@@H](N)CCC(=O)O)C(C)C)[C@@H](C)O)C(C)C)C(=O)N[C@@H](CC(C)C)C(=O)N1CCC[C@H]1C(=O)N[C@@H](C)C(=O)O. The minimum atomic E-state index is -1.61. The van der Waals surface area contributed by atoms with E-state index in [1.54, 1.807) is 27.7 Å². The first kappa shape index (κ1) is 80.4. The molecule has 1 aromatic rings. The second-order valence-electron chi connectivity index (χ2n) is 28.5. The smallest absolute Gasteiger partial charge is 0.325 e. The van der Waals surface area contributed by atoms with Crippen LogP contribution in [-0.2, 0) is 73.5 Å². The average molecular weight is 1380 g/mol. The Hall–Kier alpha value is -8.29. The van der Waals surface area contributed by atoms with Crippen LogP contribution >= 0.6 is 0 Å². The third kappa shape index (κ3) is 22.4. The maximum absolute atomic E-state index is 14.8. The van der Waals surface area contributed by atoms with Crippen LogP contribution in [0.4, 0.5) is 0 Å². The fourth-order valence-electron chi connectivity index (χ4n) is 13.0. The van der Waals surface area contributed by atoms with Crippen molar-refractivity contribution in [3.63, 3.8) is 0 Å². The van der Waals surface area contributed by atoms with Crippen LogP contribution in [0.1, 0.15) is 172 Å². The van der Waals surface area contributed by atoms with Crippen molar-refractivity contribution in [2.75, 3.05) is 26.2 Å². The lowest BCUT2D eigenvalue weighted by Gasteiger charge is -2.34. The molecular weight excluding hydrogens is 1270 g/mol. The predicted octanol–water partition coefficient (Wildman–Crippen LogP) is -1.08. The van der Waals surface area contributed by atoms with Crippen molar-refractivity contribution in [3.8, 4) is 0 Å². The lowest BCUT2D eigenvalue weighted by atomic mass is 9.98. The Kier molecular flexibility index (Phi) is 30.4. The number of aliphatic hydroxyl groups is 1. The van der Waals surface area contributed by atoms with E-state index in [9.17, 15) is 77.3 Å². The van der Waals surface area contributed by atoms with E-state index in [0.29, 0.717) is 31.4 Å². The number of carboxylic acids is 2. The number of amides is 12. The van der Waals surface area contributed by atoms with Crippen LogP contribution in [0.25, 0.3) is 0 Å². The van der Waals surface area contributed by atoms with Gasteiger partial charge in [-0.3, -0.25) is 67.1 Å². The molecule has 0 saturated carbocycles. The Bertz CT molecular complexity index is 3000. The van der Waals surface area contributed by atoms with Crippen molar-refractivity contribution < 1.29 is 82.4 Å². The standard InChI is InChI=1S/C66H107N15O17/c1-33(2)27-42(55(86)72-43(28-34(3)4)62(93)78-23-13-17-46(78)56(87)70-38(11)66(97)98)71-60(91)52(37(9)10)76-58(89)49-20-16-26-81(49)65(96)53(39(12)82)77-59(90)48-19-15-25-80(48)63(94)44(29-35(5)6)73-57(88)47-18-14-24-79(47)64(95)45(30-40-31-68-32-69-40)74-61(92)51(36(7)8)75-54(85)41(67)21-22-50(83)84/h31-39,41-49,51-53,82H,13-30,67H2,1-12H3,(H,68,69)(H,70,87)(H,71,91)(H,72,86)(H,73,88)(H,74,92)(H,75,85)(H,76,89)(H,77,90)(H,83,84)(H,97,98)/t38-,39+,41-,42-,43-,44-,45-,46-,47-,48-,49-,51-,52-,53-/m0/s1. The summed E-state index contributed by atoms with van der Waals surface area (Å²) < 4.78 is 0. The number of carboxylic acid groups (broad SMARTS) is 2. The second kappa shape index (κ2) is 37.1. The summed E-state index contributed by atoms with van der Waals surface area (Å²) in [6, 6.07) is -15.7. The Labute approximate surface area is 572 Å². The normalized spacial score (nSPS) is 20.9. The number of imidazole rings is 1. The Morgan fingerprint density at radius 1 is 0.480 bits per heavy atom. The molecular formula is C66H107N15O17. The lowest BCUT2D eigenvalue weighted by Crippen LogP contribution is -2.62. The molecule has 32 nitrogen and oxygen atoms in total. The molecule has 548 valence electrons. The molecule has 4 saturated heterocycles. The highest BCUT2D eigenvalue weighted by atomic mass is 16.4. The third-order valence-electron chi connectivity index (χ3n) is 18.2.